The van der Waals surface area contributed by atoms with E-state index in [1.807, 2.05) is 29.3 Å². The largest absolute Gasteiger partial charge is 0.347 e. The van der Waals surface area contributed by atoms with Crippen LogP contribution in [0.1, 0.15) is 32.4 Å². The molecule has 2 aliphatic heterocycles. The molecule has 1 spiro atoms. The second-order valence-electron chi connectivity index (χ2n) is 8.68. The molecule has 1 saturated heterocycles. The van der Waals surface area contributed by atoms with Gasteiger partial charge in [0, 0.05) is 46.0 Å². The van der Waals surface area contributed by atoms with Crippen molar-refractivity contribution in [3.8, 4) is 5.82 Å². The molecule has 0 bridgehead atoms. The first-order valence-corrected chi connectivity index (χ1v) is 10.2. The second-order valence-corrected chi connectivity index (χ2v) is 8.68. The van der Waals surface area contributed by atoms with Crippen molar-refractivity contribution in [2.24, 2.45) is 5.92 Å². The molecule has 154 valence electrons. The van der Waals surface area contributed by atoms with Crippen LogP contribution < -0.4 is 4.90 Å². The van der Waals surface area contributed by atoms with E-state index in [-0.39, 0.29) is 18.4 Å². The van der Waals surface area contributed by atoms with Gasteiger partial charge in [-0.05, 0) is 36.6 Å². The van der Waals surface area contributed by atoms with Gasteiger partial charge in [0.1, 0.15) is 5.54 Å². The molecular formula is C22H29N5O2. The van der Waals surface area contributed by atoms with Crippen molar-refractivity contribution in [2.75, 3.05) is 38.6 Å². The Hall–Kier alpha value is -2.83. The van der Waals surface area contributed by atoms with E-state index in [0.717, 1.165) is 23.6 Å². The first-order valence-electron chi connectivity index (χ1n) is 10.2. The zero-order chi connectivity index (χ0) is 20.8. The number of hydrogen-bond acceptors (Lipinski definition) is 4. The van der Waals surface area contributed by atoms with E-state index in [0.29, 0.717) is 25.4 Å². The molecule has 2 aromatic rings. The predicted molar refractivity (Wildman–Crippen MR) is 112 cm³/mol. The number of likely N-dealkylation sites (tertiary alicyclic amines) is 1. The first kappa shape index (κ1) is 19.5. The number of nitrogens with zero attached hydrogens (tertiary/aromatic N) is 5. The summed E-state index contributed by atoms with van der Waals surface area (Å²) in [5.74, 6) is 1.37. The SMILES string of the molecule is CC(C)CC(=O)N1CC[C@]2(C1)c1cccn1-c1ncccc1N2CC(=O)N(C)C. The zero-order valence-corrected chi connectivity index (χ0v) is 17.6. The molecule has 7 heteroatoms. The number of likely N-dealkylation sites (N-methyl/N-ethyl adjacent to an activating group) is 1. The summed E-state index contributed by atoms with van der Waals surface area (Å²) in [5.41, 5.74) is 1.59. The molecule has 0 aliphatic carbocycles. The minimum absolute atomic E-state index is 0.0335. The van der Waals surface area contributed by atoms with Crippen LogP contribution in [0.2, 0.25) is 0 Å². The maximum absolute atomic E-state index is 12.8. The Morgan fingerprint density at radius 1 is 1.24 bits per heavy atom. The number of hydrogen-bond donors (Lipinski definition) is 0. The summed E-state index contributed by atoms with van der Waals surface area (Å²) in [5, 5.41) is 0. The van der Waals surface area contributed by atoms with Gasteiger partial charge in [0.05, 0.1) is 17.9 Å². The minimum atomic E-state index is -0.433. The topological polar surface area (TPSA) is 61.7 Å². The Labute approximate surface area is 171 Å². The summed E-state index contributed by atoms with van der Waals surface area (Å²) in [4.78, 5) is 35.9. The Morgan fingerprint density at radius 3 is 2.76 bits per heavy atom. The fourth-order valence-corrected chi connectivity index (χ4v) is 4.53. The summed E-state index contributed by atoms with van der Waals surface area (Å²) in [6, 6.07) is 8.05. The predicted octanol–water partition coefficient (Wildman–Crippen LogP) is 2.25. The van der Waals surface area contributed by atoms with E-state index in [1.165, 1.54) is 0 Å². The molecule has 0 aromatic carbocycles. The van der Waals surface area contributed by atoms with Crippen LogP contribution in [0.5, 0.6) is 0 Å². The average Bonchev–Trinajstić information content (AvgIpc) is 3.33. The summed E-state index contributed by atoms with van der Waals surface area (Å²) in [6.45, 7) is 5.67. The molecule has 29 heavy (non-hydrogen) atoms. The Balaban J connectivity index is 1.79. The molecule has 0 saturated carbocycles. The Kier molecular flexibility index (Phi) is 4.84. The number of carbonyl (C=O) groups excluding carboxylic acids is 2. The van der Waals surface area contributed by atoms with Crippen molar-refractivity contribution >= 4 is 17.5 Å². The van der Waals surface area contributed by atoms with Gasteiger partial charge in [-0.2, -0.15) is 0 Å². The number of rotatable bonds is 4. The highest BCUT2D eigenvalue weighted by Crippen LogP contribution is 2.47. The first-order chi connectivity index (χ1) is 13.8. The quantitative estimate of drug-likeness (QED) is 0.797. The van der Waals surface area contributed by atoms with Crippen LogP contribution in [0.25, 0.3) is 5.82 Å². The van der Waals surface area contributed by atoms with E-state index in [4.69, 9.17) is 0 Å². The number of anilines is 1. The van der Waals surface area contributed by atoms with Gasteiger partial charge < -0.3 is 19.3 Å². The smallest absolute Gasteiger partial charge is 0.241 e. The number of pyridine rings is 1. The summed E-state index contributed by atoms with van der Waals surface area (Å²) in [6.07, 6.45) is 5.13. The van der Waals surface area contributed by atoms with Crippen molar-refractivity contribution in [1.29, 1.82) is 0 Å². The number of amides is 2. The molecule has 7 nitrogen and oxygen atoms in total. The van der Waals surface area contributed by atoms with E-state index in [2.05, 4.69) is 34.4 Å². The zero-order valence-electron chi connectivity index (χ0n) is 17.6. The molecule has 0 radical (unpaired) electrons. The average molecular weight is 396 g/mol. The maximum atomic E-state index is 12.8. The minimum Gasteiger partial charge on any atom is -0.347 e. The molecule has 0 unspecified atom stereocenters. The number of aromatic nitrogens is 2. The Morgan fingerprint density at radius 2 is 2.03 bits per heavy atom. The highest BCUT2D eigenvalue weighted by molar-refractivity contribution is 5.84. The number of fused-ring (bicyclic) bond motifs is 4. The van der Waals surface area contributed by atoms with Crippen LogP contribution in [-0.4, -0.2) is 64.9 Å². The van der Waals surface area contributed by atoms with Gasteiger partial charge in [-0.25, -0.2) is 4.98 Å². The van der Waals surface area contributed by atoms with Crippen molar-refractivity contribution in [3.05, 3.63) is 42.4 Å². The van der Waals surface area contributed by atoms with E-state index < -0.39 is 5.54 Å². The van der Waals surface area contributed by atoms with Crippen LogP contribution in [0.3, 0.4) is 0 Å². The van der Waals surface area contributed by atoms with Gasteiger partial charge in [0.25, 0.3) is 0 Å². The third-order valence-corrected chi connectivity index (χ3v) is 6.00. The molecule has 2 aliphatic rings. The van der Waals surface area contributed by atoms with Crippen molar-refractivity contribution in [2.45, 2.75) is 32.2 Å². The molecule has 4 heterocycles. The van der Waals surface area contributed by atoms with E-state index in [1.54, 1.807) is 25.2 Å². The van der Waals surface area contributed by atoms with Crippen LogP contribution in [0, 0.1) is 5.92 Å². The standard InChI is InChI=1S/C22H29N5O2/c1-16(2)13-19(28)25-12-9-22(15-25)18-8-6-11-26(18)21-17(7-5-10-23-21)27(22)14-20(29)24(3)4/h5-8,10-11,16H,9,12-15H2,1-4H3/t22-/m0/s1. The Bertz CT molecular complexity index is 935. The monoisotopic (exact) mass is 395 g/mol. The molecular weight excluding hydrogens is 366 g/mol. The maximum Gasteiger partial charge on any atom is 0.241 e. The lowest BCUT2D eigenvalue weighted by molar-refractivity contribution is -0.131. The van der Waals surface area contributed by atoms with Crippen molar-refractivity contribution < 1.29 is 9.59 Å². The van der Waals surface area contributed by atoms with Gasteiger partial charge in [-0.15, -0.1) is 0 Å². The van der Waals surface area contributed by atoms with Crippen LogP contribution >= 0.6 is 0 Å². The van der Waals surface area contributed by atoms with Gasteiger partial charge in [-0.1, -0.05) is 13.8 Å². The van der Waals surface area contributed by atoms with E-state index in [9.17, 15) is 9.59 Å². The van der Waals surface area contributed by atoms with Gasteiger partial charge >= 0.3 is 0 Å². The third-order valence-electron chi connectivity index (χ3n) is 6.00. The van der Waals surface area contributed by atoms with E-state index >= 15 is 0 Å². The summed E-state index contributed by atoms with van der Waals surface area (Å²) >= 11 is 0. The van der Waals surface area contributed by atoms with Crippen LogP contribution in [0.15, 0.2) is 36.7 Å². The van der Waals surface area contributed by atoms with Crippen LogP contribution in [0.4, 0.5) is 5.69 Å². The van der Waals surface area contributed by atoms with Gasteiger partial charge in [-0.3, -0.25) is 9.59 Å². The lowest BCUT2D eigenvalue weighted by Crippen LogP contribution is -2.55. The van der Waals surface area contributed by atoms with Crippen LogP contribution in [-0.2, 0) is 15.1 Å². The fraction of sp³-hybridized carbons (Fsp3) is 0.500. The third kappa shape index (κ3) is 3.18. The summed E-state index contributed by atoms with van der Waals surface area (Å²) < 4.78 is 2.11. The van der Waals surface area contributed by atoms with Gasteiger partial charge in [0.15, 0.2) is 5.82 Å². The molecule has 1 fully saturated rings. The highest BCUT2D eigenvalue weighted by Gasteiger charge is 2.51. The second kappa shape index (κ2) is 7.21. The van der Waals surface area contributed by atoms with Gasteiger partial charge in [0.2, 0.25) is 11.8 Å². The highest BCUT2D eigenvalue weighted by atomic mass is 16.2. The summed E-state index contributed by atoms with van der Waals surface area (Å²) in [7, 11) is 3.55. The molecule has 4 rings (SSSR count). The molecule has 2 aromatic heterocycles. The lowest BCUT2D eigenvalue weighted by atomic mass is 9.88. The normalized spacial score (nSPS) is 20.2. The fourth-order valence-electron chi connectivity index (χ4n) is 4.53. The molecule has 2 amide bonds. The number of carbonyl (C=O) groups is 2. The van der Waals surface area contributed by atoms with Crippen molar-refractivity contribution in [3.63, 3.8) is 0 Å². The van der Waals surface area contributed by atoms with Crippen molar-refractivity contribution in [1.82, 2.24) is 19.4 Å². The molecule has 1 atom stereocenters. The lowest BCUT2D eigenvalue weighted by Gasteiger charge is -2.47. The molecule has 0 N–H and O–H groups in total.